The zero-order chi connectivity index (χ0) is 49.5. The fourth-order valence-corrected chi connectivity index (χ4v) is 9.69. The summed E-state index contributed by atoms with van der Waals surface area (Å²) in [4.78, 5) is 14.7. The smallest absolute Gasteiger partial charge is 0.455 e. The first-order valence-corrected chi connectivity index (χ1v) is 24.6. The monoisotopic (exact) mass is 928 g/mol. The molecule has 2 aliphatic heterocycles. The van der Waals surface area contributed by atoms with E-state index in [9.17, 15) is 0 Å². The lowest BCUT2D eigenvalue weighted by Crippen LogP contribution is -2.59. The van der Waals surface area contributed by atoms with Crippen LogP contribution in [0.5, 0.6) is 11.5 Å². The molecule has 1 fully saturated rings. The topological polar surface area (TPSA) is 74.1 Å². The first kappa shape index (κ1) is 47.4. The van der Waals surface area contributed by atoms with Gasteiger partial charge < -0.3 is 28.3 Å². The lowest BCUT2D eigenvalue weighted by molar-refractivity contribution is 0.250. The molecular formula is C58H64B3N5O4. The molecule has 0 radical (unpaired) electrons. The van der Waals surface area contributed by atoms with Gasteiger partial charge >= 0.3 is 21.4 Å². The van der Waals surface area contributed by atoms with E-state index in [0.29, 0.717) is 18.2 Å². The summed E-state index contributed by atoms with van der Waals surface area (Å²) in [5.41, 5.74) is 12.4. The molecule has 8 aromatic rings. The third-order valence-electron chi connectivity index (χ3n) is 13.6. The molecule has 5 aromatic carbocycles. The molecule has 354 valence electrons. The number of anilines is 4. The second kappa shape index (κ2) is 17.5. The summed E-state index contributed by atoms with van der Waals surface area (Å²) in [5, 5.41) is 1.70. The highest BCUT2D eigenvalue weighted by Crippen LogP contribution is 2.48. The summed E-state index contributed by atoms with van der Waals surface area (Å²) in [7, 11) is -1.62. The minimum Gasteiger partial charge on any atom is -0.455 e. The molecular weight excluding hydrogens is 863 g/mol. The summed E-state index contributed by atoms with van der Waals surface area (Å²) in [6.07, 6.45) is 3.87. The van der Waals surface area contributed by atoms with Crippen molar-refractivity contribution in [3.05, 3.63) is 157 Å². The molecule has 70 heavy (non-hydrogen) atoms. The van der Waals surface area contributed by atoms with Crippen molar-refractivity contribution >= 4 is 71.4 Å². The van der Waals surface area contributed by atoms with E-state index < -0.39 is 21.4 Å². The van der Waals surface area contributed by atoms with Gasteiger partial charge in [-0.25, -0.2) is 4.98 Å². The van der Waals surface area contributed by atoms with Gasteiger partial charge in [-0.1, -0.05) is 150 Å². The molecule has 0 atom stereocenters. The maximum Gasteiger partial charge on any atom is 0.468 e. The van der Waals surface area contributed by atoms with E-state index >= 15 is 0 Å². The molecule has 0 aliphatic carbocycles. The first-order valence-electron chi connectivity index (χ1n) is 24.6. The van der Waals surface area contributed by atoms with E-state index in [0.717, 1.165) is 67.1 Å². The quantitative estimate of drug-likeness (QED) is 0.146. The molecule has 0 spiro atoms. The highest BCUT2D eigenvalue weighted by atomic mass is 16.7. The molecule has 0 saturated carbocycles. The molecule has 0 bridgehead atoms. The zero-order valence-electron chi connectivity index (χ0n) is 43.1. The van der Waals surface area contributed by atoms with Crippen molar-refractivity contribution in [1.29, 1.82) is 0 Å². The Morgan fingerprint density at radius 3 is 1.93 bits per heavy atom. The van der Waals surface area contributed by atoms with Gasteiger partial charge in [0, 0.05) is 40.3 Å². The molecule has 5 heterocycles. The number of hydrogen-bond donors (Lipinski definition) is 0. The van der Waals surface area contributed by atoms with Crippen LogP contribution in [0.1, 0.15) is 99.9 Å². The Morgan fingerprint density at radius 2 is 1.26 bits per heavy atom. The van der Waals surface area contributed by atoms with Crippen LogP contribution in [0.15, 0.2) is 140 Å². The molecule has 1 saturated heterocycles. The number of para-hydroxylation sites is 3. The number of hydrogen-bond acceptors (Lipinski definition) is 8. The normalized spacial score (nSPS) is 14.8. The van der Waals surface area contributed by atoms with E-state index in [1.165, 1.54) is 16.7 Å². The van der Waals surface area contributed by atoms with Gasteiger partial charge in [-0.2, -0.15) is 0 Å². The third-order valence-corrected chi connectivity index (χ3v) is 13.6. The predicted molar refractivity (Wildman–Crippen MR) is 292 cm³/mol. The number of ether oxygens (including phenoxy) is 1. The van der Waals surface area contributed by atoms with E-state index in [-0.39, 0.29) is 21.5 Å². The Hall–Kier alpha value is -6.33. The van der Waals surface area contributed by atoms with E-state index in [2.05, 4.69) is 225 Å². The van der Waals surface area contributed by atoms with Crippen LogP contribution in [0.25, 0.3) is 38.8 Å². The average molecular weight is 928 g/mol. The summed E-state index contributed by atoms with van der Waals surface area (Å²) < 4.78 is 29.4. The maximum absolute atomic E-state index is 6.93. The van der Waals surface area contributed by atoms with Crippen molar-refractivity contribution in [2.75, 3.05) is 16.5 Å². The van der Waals surface area contributed by atoms with Crippen molar-refractivity contribution in [2.24, 2.45) is 0 Å². The molecule has 3 aromatic heterocycles. The third kappa shape index (κ3) is 8.91. The number of aromatic nitrogens is 3. The molecule has 0 unspecified atom stereocenters. The van der Waals surface area contributed by atoms with E-state index in [1.807, 2.05) is 19.3 Å². The van der Waals surface area contributed by atoms with Crippen LogP contribution in [0, 0.1) is 6.92 Å². The van der Waals surface area contributed by atoms with Gasteiger partial charge in [-0.05, 0) is 99.2 Å². The van der Waals surface area contributed by atoms with Crippen LogP contribution in [0.2, 0.25) is 10.6 Å². The second-order valence-corrected chi connectivity index (χ2v) is 23.3. The van der Waals surface area contributed by atoms with Crippen molar-refractivity contribution < 1.29 is 18.5 Å². The fourth-order valence-electron chi connectivity index (χ4n) is 9.69. The number of pyridine rings is 2. The first-order chi connectivity index (χ1) is 33.1. The standard InChI is InChI=1S/C58H64B3N5O4/c1-38-52(67-43-27-28-44-45-32-40(39-20-15-14-16-21-39)26-29-48(45)66(51(44)35-43)53-33-41(30-31-62-53)55(2,3)4)34-42(36-63-38)64-37-65(50-25-18-17-24-49(50)64)54-46(56(5,6)7)22-19-23-47(54)59-68-60(57(8,9)10)70-61(69-59)58(11,12)13/h14-36H,37H2,1-13H3. The molecule has 0 N–H and O–H groups in total. The highest BCUT2D eigenvalue weighted by molar-refractivity contribution is 6.81. The molecule has 10 rings (SSSR count). The van der Waals surface area contributed by atoms with Gasteiger partial charge in [0.25, 0.3) is 0 Å². The largest absolute Gasteiger partial charge is 0.468 e. The van der Waals surface area contributed by atoms with Crippen molar-refractivity contribution in [3.8, 4) is 28.4 Å². The van der Waals surface area contributed by atoms with Crippen LogP contribution in [0.4, 0.5) is 22.7 Å². The summed E-state index contributed by atoms with van der Waals surface area (Å²) >= 11 is 0. The summed E-state index contributed by atoms with van der Waals surface area (Å²) in [6.45, 7) is 28.9. The predicted octanol–water partition coefficient (Wildman–Crippen LogP) is 14.5. The minimum atomic E-state index is -0.665. The Morgan fingerprint density at radius 1 is 0.571 bits per heavy atom. The summed E-state index contributed by atoms with van der Waals surface area (Å²) in [5.74, 6) is 2.25. The van der Waals surface area contributed by atoms with Gasteiger partial charge in [0.1, 0.15) is 18.2 Å². The van der Waals surface area contributed by atoms with Crippen LogP contribution in [-0.4, -0.2) is 42.6 Å². The molecule has 12 heteroatoms. The van der Waals surface area contributed by atoms with Gasteiger partial charge in [-0.3, -0.25) is 9.55 Å². The van der Waals surface area contributed by atoms with Gasteiger partial charge in [0.2, 0.25) is 0 Å². The lowest BCUT2D eigenvalue weighted by Gasteiger charge is -2.42. The highest BCUT2D eigenvalue weighted by Gasteiger charge is 2.52. The Bertz CT molecular complexity index is 3240. The SMILES string of the molecule is Cc1ncc(N2CN(c3c(B4OB(C(C)(C)C)OB(C(C)(C)C)O4)cccc3C(C)(C)C)c3ccccc32)cc1Oc1ccc2c3cc(-c4ccccc4)ccc3n(-c3cc(C(C)(C)C)ccn3)c2c1. The Kier molecular flexibility index (Phi) is 11.8. The number of fused-ring (bicyclic) bond motifs is 4. The number of benzene rings is 5. The van der Waals surface area contributed by atoms with Crippen LogP contribution in [-0.2, 0) is 24.5 Å². The molecule has 2 aliphatic rings. The van der Waals surface area contributed by atoms with Gasteiger partial charge in [0.05, 0.1) is 40.0 Å². The van der Waals surface area contributed by atoms with Crippen molar-refractivity contribution in [2.45, 2.75) is 111 Å². The van der Waals surface area contributed by atoms with Crippen LogP contribution in [0.3, 0.4) is 0 Å². The average Bonchev–Trinajstić information content (AvgIpc) is 3.86. The van der Waals surface area contributed by atoms with Crippen molar-refractivity contribution in [3.63, 3.8) is 0 Å². The summed E-state index contributed by atoms with van der Waals surface area (Å²) in [6, 6.07) is 45.2. The number of aryl methyl sites for hydroxylation is 1. The Balaban J connectivity index is 1.04. The maximum atomic E-state index is 6.93. The van der Waals surface area contributed by atoms with E-state index in [1.54, 1.807) is 0 Å². The lowest BCUT2D eigenvalue weighted by atomic mass is 9.50. The van der Waals surface area contributed by atoms with Crippen LogP contribution >= 0.6 is 0 Å². The molecule has 0 amide bonds. The van der Waals surface area contributed by atoms with Crippen LogP contribution < -0.4 is 20.0 Å². The van der Waals surface area contributed by atoms with Gasteiger partial charge in [-0.15, -0.1) is 0 Å². The molecule has 9 nitrogen and oxygen atoms in total. The van der Waals surface area contributed by atoms with Crippen molar-refractivity contribution in [1.82, 2.24) is 14.5 Å². The van der Waals surface area contributed by atoms with Gasteiger partial charge in [0.15, 0.2) is 5.75 Å². The second-order valence-electron chi connectivity index (χ2n) is 23.3. The van der Waals surface area contributed by atoms with E-state index in [4.69, 9.17) is 28.4 Å². The number of nitrogens with zero attached hydrogens (tertiary/aromatic N) is 5. The fraction of sp³-hybridized carbons (Fsp3) is 0.310. The number of rotatable bonds is 7. The minimum absolute atomic E-state index is 0.0506. The Labute approximate surface area is 415 Å². The zero-order valence-corrected chi connectivity index (χ0v) is 43.1.